The third-order valence-electron chi connectivity index (χ3n) is 19.3. The molecule has 6 aromatic carbocycles. The summed E-state index contributed by atoms with van der Waals surface area (Å²) < 4.78 is 0. The molecule has 0 fully saturated rings. The summed E-state index contributed by atoms with van der Waals surface area (Å²) in [5, 5.41) is 34.6. The lowest BCUT2D eigenvalue weighted by Gasteiger charge is -2.37. The van der Waals surface area contributed by atoms with E-state index in [0.717, 1.165) is 11.1 Å². The molecule has 0 radical (unpaired) electrons. The van der Waals surface area contributed by atoms with E-state index < -0.39 is 136 Å². The Morgan fingerprint density at radius 2 is 0.495 bits per heavy atom. The number of primary amides is 1. The van der Waals surface area contributed by atoms with Crippen LogP contribution >= 0.6 is 0 Å². The van der Waals surface area contributed by atoms with Gasteiger partial charge in [-0.05, 0) is 120 Å². The van der Waals surface area contributed by atoms with E-state index in [9.17, 15) is 14.4 Å². The molecule has 6 aromatic rings. The van der Waals surface area contributed by atoms with Gasteiger partial charge in [0.1, 0.15) is 32.7 Å². The highest BCUT2D eigenvalue weighted by Crippen LogP contribution is 2.29. The summed E-state index contributed by atoms with van der Waals surface area (Å²) in [6, 6.07) is 50.0. The van der Waals surface area contributed by atoms with Gasteiger partial charge in [0.05, 0.1) is 62.4 Å². The molecule has 6 atom stereocenters. The molecule has 15 N–H and O–H groups in total. The highest BCUT2D eigenvalue weighted by Gasteiger charge is 2.37. The first-order chi connectivity index (χ1) is 52.2. The number of nitrogens with zero attached hydrogens (tertiary/aromatic N) is 8. The van der Waals surface area contributed by atoms with Crippen LogP contribution in [0.5, 0.6) is 0 Å². The van der Waals surface area contributed by atoms with Gasteiger partial charge < -0.3 is 83.4 Å². The molecule has 0 spiro atoms. The van der Waals surface area contributed by atoms with E-state index in [1.54, 1.807) is 113 Å². The molecule has 0 bridgehead atoms. The third kappa shape index (κ3) is 28.2. The van der Waals surface area contributed by atoms with Crippen LogP contribution in [0.15, 0.2) is 182 Å². The van der Waals surface area contributed by atoms with E-state index in [1.807, 2.05) is 110 Å². The number of unbranched alkanes of at least 4 members (excludes halogenated alkanes) is 3. The minimum Gasteiger partial charge on any atom is -0.370 e. The van der Waals surface area contributed by atoms with E-state index in [4.69, 9.17) is 39.2 Å². The van der Waals surface area contributed by atoms with Crippen molar-refractivity contribution >= 4 is 71.0 Å². The third-order valence-corrected chi connectivity index (χ3v) is 19.3. The molecular formula is C81H111N19O9. The van der Waals surface area contributed by atoms with Gasteiger partial charge in [-0.1, -0.05) is 182 Å². The fraction of sp³-hybridized carbons (Fsp3) is 0.407. The van der Waals surface area contributed by atoms with Gasteiger partial charge in [-0.25, -0.2) is 0 Å². The van der Waals surface area contributed by atoms with Gasteiger partial charge >= 0.3 is 0 Å². The highest BCUT2D eigenvalue weighted by molar-refractivity contribution is 5.94. The normalized spacial score (nSPS) is 12.6. The predicted octanol–water partition coefficient (Wildman–Crippen LogP) is 6.05. The summed E-state index contributed by atoms with van der Waals surface area (Å²) in [5.74, 6) is -6.18. The van der Waals surface area contributed by atoms with Gasteiger partial charge in [0, 0.05) is 32.7 Å². The Hall–Kier alpha value is -11.7. The van der Waals surface area contributed by atoms with Gasteiger partial charge in [-0.2, -0.15) is 0 Å². The molecule has 0 aliphatic rings. The molecule has 6 rings (SSSR count). The first-order valence-corrected chi connectivity index (χ1v) is 37.1. The van der Waals surface area contributed by atoms with Crippen LogP contribution in [-0.2, 0) is 43.2 Å². The fourth-order valence-corrected chi connectivity index (χ4v) is 12.8. The van der Waals surface area contributed by atoms with Crippen LogP contribution in [-0.4, -0.2) is 208 Å². The van der Waals surface area contributed by atoms with E-state index in [-0.39, 0.29) is 56.5 Å². The van der Waals surface area contributed by atoms with Crippen LogP contribution < -0.4 is 44.2 Å². The number of nitrogens with one attached hydrogen (secondary N) is 7. The summed E-state index contributed by atoms with van der Waals surface area (Å²) in [7, 11) is 0. The number of hydrogen-bond donors (Lipinski definition) is 11. The van der Waals surface area contributed by atoms with Gasteiger partial charge in [0.2, 0.25) is 53.2 Å². The van der Waals surface area contributed by atoms with Crippen LogP contribution in [0.3, 0.4) is 0 Å². The Bertz CT molecular complexity index is 3910. The standard InChI is InChI=1S/C81H111N19O9/c1-58(64-31-13-7-14-32-64)95(50-70(82)101)76(107)56-99(62(5)68-39-21-11-22-40-68)74(105)51-93(47-29-27-45-91-80(85)86)73(104)54-98(61(4)67-37-19-10-20-38-67)78(109)57-100(63(6)69-41-23-12-24-42-69)75(106)52-94(48-30-28-46-92-81(87)88)72(103)53-97(60(3)66-35-17-9-18-36-66)77(108)55-96(59(2)65-33-15-8-16-34-65)71(102)49-89-43-25-26-44-90-79(83)84/h7-24,31-42,58-63,89H,25-30,43-57H2,1-6H3,(H2,82,101)(H4,83,84,90)(H4,85,86,91)(H4,87,88,92)/t58-,59-,60-,61-,62-,63-/m0/s1. The maximum atomic E-state index is 15.8. The summed E-state index contributed by atoms with van der Waals surface area (Å²) in [5.41, 5.74) is 26.6. The summed E-state index contributed by atoms with van der Waals surface area (Å²) in [6.07, 6.45) is 2.72. The molecule has 0 heterocycles. The van der Waals surface area contributed by atoms with E-state index >= 15 is 28.8 Å². The minimum absolute atomic E-state index is 0.0290. The first-order valence-electron chi connectivity index (χ1n) is 37.1. The van der Waals surface area contributed by atoms with Crippen LogP contribution in [0.2, 0.25) is 0 Å². The molecule has 0 aromatic heterocycles. The van der Waals surface area contributed by atoms with Gasteiger partial charge in [0.25, 0.3) is 0 Å². The van der Waals surface area contributed by atoms with E-state index in [2.05, 4.69) is 21.3 Å². The quantitative estimate of drug-likeness (QED) is 0.0118. The molecule has 584 valence electrons. The lowest BCUT2D eigenvalue weighted by Crippen LogP contribution is -2.53. The average Bonchev–Trinajstić information content (AvgIpc) is 0.822. The highest BCUT2D eigenvalue weighted by atomic mass is 16.2. The smallest absolute Gasteiger partial charge is 0.243 e. The van der Waals surface area contributed by atoms with Crippen molar-refractivity contribution < 1.29 is 43.2 Å². The van der Waals surface area contributed by atoms with Crippen molar-refractivity contribution in [1.82, 2.24) is 60.5 Å². The first kappa shape index (κ1) is 86.2. The van der Waals surface area contributed by atoms with Crippen molar-refractivity contribution in [3.63, 3.8) is 0 Å². The van der Waals surface area contributed by atoms with Gasteiger partial charge in [-0.3, -0.25) is 59.4 Å². The number of amides is 9. The average molecular weight is 1490 g/mol. The van der Waals surface area contributed by atoms with E-state index in [1.165, 1.54) is 39.2 Å². The molecule has 9 amide bonds. The summed E-state index contributed by atoms with van der Waals surface area (Å²) >= 11 is 0. The van der Waals surface area contributed by atoms with Crippen molar-refractivity contribution in [2.45, 2.75) is 116 Å². The molecule has 0 aliphatic heterocycles. The lowest BCUT2D eigenvalue weighted by molar-refractivity contribution is -0.151. The van der Waals surface area contributed by atoms with Gasteiger partial charge in [-0.15, -0.1) is 0 Å². The van der Waals surface area contributed by atoms with Crippen molar-refractivity contribution in [2.24, 2.45) is 22.9 Å². The lowest BCUT2D eigenvalue weighted by atomic mass is 10.0. The Balaban J connectivity index is 1.37. The zero-order valence-corrected chi connectivity index (χ0v) is 63.7. The molecule has 0 saturated heterocycles. The second-order valence-corrected chi connectivity index (χ2v) is 27.1. The summed E-state index contributed by atoms with van der Waals surface area (Å²) in [4.78, 5) is 146. The second kappa shape index (κ2) is 45.1. The minimum atomic E-state index is -0.837. The monoisotopic (exact) mass is 1490 g/mol. The van der Waals surface area contributed by atoms with Crippen LogP contribution in [0.1, 0.15) is 150 Å². The van der Waals surface area contributed by atoms with Crippen molar-refractivity contribution in [3.05, 3.63) is 215 Å². The Kier molecular flexibility index (Phi) is 35.7. The molecule has 0 aliphatic carbocycles. The molecule has 109 heavy (non-hydrogen) atoms. The van der Waals surface area contributed by atoms with Crippen LogP contribution in [0.4, 0.5) is 0 Å². The fourth-order valence-electron chi connectivity index (χ4n) is 12.8. The topological polar surface area (TPSA) is 403 Å². The number of rotatable bonds is 45. The SMILES string of the molecule is C[C@@H](c1ccccc1)N(CC(N)=O)C(=O)CN(C(=O)CN(CCCCNC(=N)N)C(=O)CN(C(=O)CN(C(=O)CN(CCCCNC(=N)N)C(=O)CN(C(=O)CN(C(=O)CNCCCCNC(=N)N)[C@@H](C)c1ccccc1)[C@@H](C)c1ccccc1)[C@@H](C)c1ccccc1)[C@@H](C)c1ccccc1)[C@@H](C)c1ccccc1. The number of nitrogens with two attached hydrogens (primary N) is 4. The maximum Gasteiger partial charge on any atom is 0.243 e. The predicted molar refractivity (Wildman–Crippen MR) is 422 cm³/mol. The molecule has 28 heteroatoms. The van der Waals surface area contributed by atoms with Crippen LogP contribution in [0, 0.1) is 16.2 Å². The molecule has 0 unspecified atom stereocenters. The molecule has 28 nitrogen and oxygen atoms in total. The van der Waals surface area contributed by atoms with Crippen molar-refractivity contribution in [3.8, 4) is 0 Å². The number of benzene rings is 6. The number of carbonyl (C=O) groups excluding carboxylic acids is 9. The van der Waals surface area contributed by atoms with Gasteiger partial charge in [0.15, 0.2) is 17.9 Å². The largest absolute Gasteiger partial charge is 0.370 e. The Labute approximate surface area is 640 Å². The molecular weight excluding hydrogens is 1380 g/mol. The number of hydrogen-bond acceptors (Lipinski definition) is 13. The zero-order valence-electron chi connectivity index (χ0n) is 63.7. The Morgan fingerprint density at radius 3 is 0.743 bits per heavy atom. The number of carbonyl (C=O) groups is 9. The van der Waals surface area contributed by atoms with Crippen molar-refractivity contribution in [2.75, 3.05) is 98.2 Å². The van der Waals surface area contributed by atoms with Crippen LogP contribution in [0.25, 0.3) is 0 Å². The maximum absolute atomic E-state index is 15.8. The summed E-state index contributed by atoms with van der Waals surface area (Å²) in [6.45, 7) is 7.56. The zero-order chi connectivity index (χ0) is 79.4. The Morgan fingerprint density at radius 1 is 0.284 bits per heavy atom. The second-order valence-electron chi connectivity index (χ2n) is 27.1. The number of guanidine groups is 3. The van der Waals surface area contributed by atoms with E-state index in [0.29, 0.717) is 73.9 Å². The molecule has 0 saturated carbocycles. The van der Waals surface area contributed by atoms with Crippen molar-refractivity contribution in [1.29, 1.82) is 16.2 Å².